The normalized spacial score (nSPS) is 13.4. The van der Waals surface area contributed by atoms with Crippen LogP contribution in [0.5, 0.6) is 0 Å². The van der Waals surface area contributed by atoms with E-state index in [9.17, 15) is 0 Å². The number of aromatic nitrogens is 4. The van der Waals surface area contributed by atoms with Crippen molar-refractivity contribution in [3.05, 3.63) is 34.9 Å². The molecule has 0 amide bonds. The van der Waals surface area contributed by atoms with Crippen molar-refractivity contribution >= 4 is 5.96 Å². The van der Waals surface area contributed by atoms with Gasteiger partial charge < -0.3 is 15.5 Å². The maximum Gasteiger partial charge on any atom is 0.191 e. The number of rotatable bonds is 6. The van der Waals surface area contributed by atoms with Crippen molar-refractivity contribution in [2.45, 2.75) is 26.4 Å². The van der Waals surface area contributed by atoms with Crippen LogP contribution in [0.2, 0.25) is 0 Å². The number of nitrogens with one attached hydrogen (secondary N) is 2. The topological polar surface area (TPSA) is 75.3 Å². The Labute approximate surface area is 149 Å². The van der Waals surface area contributed by atoms with E-state index in [4.69, 9.17) is 0 Å². The van der Waals surface area contributed by atoms with Crippen LogP contribution in [0.25, 0.3) is 0 Å². The van der Waals surface area contributed by atoms with E-state index >= 15 is 0 Å². The second kappa shape index (κ2) is 8.15. The van der Waals surface area contributed by atoms with E-state index in [2.05, 4.69) is 51.7 Å². The number of likely N-dealkylation sites (N-methyl/N-ethyl adjacent to an activating group) is 1. The number of hydrogen-bond acceptors (Lipinski definition) is 4. The zero-order valence-electron chi connectivity index (χ0n) is 16.3. The molecule has 0 saturated heterocycles. The quantitative estimate of drug-likeness (QED) is 0.596. The van der Waals surface area contributed by atoms with Gasteiger partial charge in [-0.25, -0.2) is 0 Å². The highest BCUT2D eigenvalue weighted by molar-refractivity contribution is 5.79. The van der Waals surface area contributed by atoms with Crippen molar-refractivity contribution in [2.75, 3.05) is 27.7 Å². The maximum absolute atomic E-state index is 4.45. The van der Waals surface area contributed by atoms with Gasteiger partial charge in [0, 0.05) is 57.3 Å². The summed E-state index contributed by atoms with van der Waals surface area (Å²) in [7, 11) is 9.82. The van der Waals surface area contributed by atoms with E-state index in [1.165, 1.54) is 16.8 Å². The van der Waals surface area contributed by atoms with Crippen LogP contribution in [0.4, 0.5) is 0 Å². The standard InChI is InChI=1S/C17H30N8/c1-12-15(13(2)25(7)22-12)9-19-17(18-3)20-10-16(23(4)5)14-8-21-24(6)11-14/h8,11,16H,9-10H2,1-7H3,(H2,18,19,20). The summed E-state index contributed by atoms with van der Waals surface area (Å²) in [5.41, 5.74) is 4.60. The molecule has 25 heavy (non-hydrogen) atoms. The molecule has 8 nitrogen and oxygen atoms in total. The van der Waals surface area contributed by atoms with E-state index in [0.29, 0.717) is 6.54 Å². The summed E-state index contributed by atoms with van der Waals surface area (Å²) in [5, 5.41) is 15.5. The van der Waals surface area contributed by atoms with Crippen molar-refractivity contribution in [3.8, 4) is 0 Å². The predicted octanol–water partition coefficient (Wildman–Crippen LogP) is 0.738. The average Bonchev–Trinajstić information content (AvgIpc) is 3.07. The van der Waals surface area contributed by atoms with Crippen molar-refractivity contribution in [1.29, 1.82) is 0 Å². The highest BCUT2D eigenvalue weighted by Gasteiger charge is 2.16. The smallest absolute Gasteiger partial charge is 0.191 e. The molecule has 2 aromatic heterocycles. The SMILES string of the molecule is CN=C(NCc1c(C)nn(C)c1C)NCC(c1cnn(C)c1)N(C)C. The van der Waals surface area contributed by atoms with Crippen LogP contribution < -0.4 is 10.6 Å². The van der Waals surface area contributed by atoms with Gasteiger partial charge in [0.15, 0.2) is 5.96 Å². The van der Waals surface area contributed by atoms with Gasteiger partial charge in [0.25, 0.3) is 0 Å². The minimum atomic E-state index is 0.217. The van der Waals surface area contributed by atoms with E-state index in [0.717, 1.165) is 18.2 Å². The number of aryl methyl sites for hydroxylation is 3. The summed E-state index contributed by atoms with van der Waals surface area (Å²) in [6.07, 6.45) is 3.95. The van der Waals surface area contributed by atoms with Crippen LogP contribution >= 0.6 is 0 Å². The van der Waals surface area contributed by atoms with E-state index in [1.54, 1.807) is 7.05 Å². The van der Waals surface area contributed by atoms with Gasteiger partial charge in [-0.3, -0.25) is 14.4 Å². The Hall–Kier alpha value is -2.35. The number of guanidine groups is 1. The fourth-order valence-corrected chi connectivity index (χ4v) is 2.87. The third-order valence-corrected chi connectivity index (χ3v) is 4.51. The lowest BCUT2D eigenvalue weighted by Crippen LogP contribution is -2.41. The first-order chi connectivity index (χ1) is 11.8. The van der Waals surface area contributed by atoms with Gasteiger partial charge >= 0.3 is 0 Å². The monoisotopic (exact) mass is 346 g/mol. The third kappa shape index (κ3) is 4.60. The molecule has 0 spiro atoms. The molecule has 0 radical (unpaired) electrons. The van der Waals surface area contributed by atoms with Crippen LogP contribution in [0.1, 0.15) is 28.6 Å². The summed E-state index contributed by atoms with van der Waals surface area (Å²) in [6.45, 7) is 5.55. The zero-order valence-corrected chi connectivity index (χ0v) is 16.3. The molecule has 0 bridgehead atoms. The van der Waals surface area contributed by atoms with Crippen molar-refractivity contribution in [3.63, 3.8) is 0 Å². The van der Waals surface area contributed by atoms with Gasteiger partial charge in [0.1, 0.15) is 0 Å². The lowest BCUT2D eigenvalue weighted by atomic mass is 10.1. The van der Waals surface area contributed by atoms with Gasteiger partial charge in [-0.1, -0.05) is 0 Å². The highest BCUT2D eigenvalue weighted by Crippen LogP contribution is 2.16. The van der Waals surface area contributed by atoms with E-state index < -0.39 is 0 Å². The first-order valence-electron chi connectivity index (χ1n) is 8.42. The molecule has 0 fully saturated rings. The first kappa shape index (κ1) is 19.0. The molecule has 2 heterocycles. The molecule has 2 N–H and O–H groups in total. The largest absolute Gasteiger partial charge is 0.354 e. The minimum absolute atomic E-state index is 0.217. The van der Waals surface area contributed by atoms with Crippen LogP contribution in [-0.2, 0) is 20.6 Å². The maximum atomic E-state index is 4.45. The zero-order chi connectivity index (χ0) is 18.6. The molecule has 2 aromatic rings. The second-order valence-electron chi connectivity index (χ2n) is 6.51. The van der Waals surface area contributed by atoms with Gasteiger partial charge in [-0.05, 0) is 27.9 Å². The number of aliphatic imine (C=N–C) groups is 1. The third-order valence-electron chi connectivity index (χ3n) is 4.51. The molecular formula is C17H30N8. The van der Waals surface area contributed by atoms with Gasteiger partial charge in [-0.2, -0.15) is 10.2 Å². The van der Waals surface area contributed by atoms with Crippen LogP contribution in [0.15, 0.2) is 17.4 Å². The summed E-state index contributed by atoms with van der Waals surface area (Å²) in [6, 6.07) is 0.217. The molecule has 0 aliphatic carbocycles. The van der Waals surface area contributed by atoms with Crippen molar-refractivity contribution < 1.29 is 0 Å². The Bertz CT molecular complexity index is 725. The van der Waals surface area contributed by atoms with E-state index in [1.807, 2.05) is 42.8 Å². The average molecular weight is 346 g/mol. The molecular weight excluding hydrogens is 316 g/mol. The Balaban J connectivity index is 1.97. The Morgan fingerprint density at radius 3 is 2.48 bits per heavy atom. The predicted molar refractivity (Wildman–Crippen MR) is 101 cm³/mol. The fraction of sp³-hybridized carbons (Fsp3) is 0.588. The van der Waals surface area contributed by atoms with Gasteiger partial charge in [0.2, 0.25) is 0 Å². The summed E-state index contributed by atoms with van der Waals surface area (Å²) in [4.78, 5) is 6.50. The molecule has 0 saturated carbocycles. The van der Waals surface area contributed by atoms with Crippen molar-refractivity contribution in [2.24, 2.45) is 19.1 Å². The van der Waals surface area contributed by atoms with Crippen molar-refractivity contribution in [1.82, 2.24) is 35.1 Å². The first-order valence-corrected chi connectivity index (χ1v) is 8.42. The summed E-state index contributed by atoms with van der Waals surface area (Å²) < 4.78 is 3.74. The lowest BCUT2D eigenvalue weighted by molar-refractivity contribution is 0.298. The van der Waals surface area contributed by atoms with Gasteiger partial charge in [-0.15, -0.1) is 0 Å². The molecule has 1 unspecified atom stereocenters. The molecule has 2 rings (SSSR count). The van der Waals surface area contributed by atoms with Gasteiger partial charge in [0.05, 0.1) is 17.9 Å². The van der Waals surface area contributed by atoms with Crippen LogP contribution in [-0.4, -0.2) is 58.1 Å². The number of nitrogens with zero attached hydrogens (tertiary/aromatic N) is 6. The van der Waals surface area contributed by atoms with Crippen LogP contribution in [0, 0.1) is 13.8 Å². The Kier molecular flexibility index (Phi) is 6.19. The molecule has 138 valence electrons. The highest BCUT2D eigenvalue weighted by atomic mass is 15.3. The van der Waals surface area contributed by atoms with E-state index in [-0.39, 0.29) is 6.04 Å². The van der Waals surface area contributed by atoms with Crippen LogP contribution in [0.3, 0.4) is 0 Å². The molecule has 0 aliphatic heterocycles. The molecule has 0 aliphatic rings. The molecule has 8 heteroatoms. The Morgan fingerprint density at radius 2 is 2.00 bits per heavy atom. The summed E-state index contributed by atoms with van der Waals surface area (Å²) in [5.74, 6) is 0.776. The molecule has 0 aromatic carbocycles. The number of hydrogen-bond donors (Lipinski definition) is 2. The second-order valence-corrected chi connectivity index (χ2v) is 6.51. The molecule has 1 atom stereocenters. The lowest BCUT2D eigenvalue weighted by Gasteiger charge is -2.24. The minimum Gasteiger partial charge on any atom is -0.354 e. The fourth-order valence-electron chi connectivity index (χ4n) is 2.87. The summed E-state index contributed by atoms with van der Waals surface area (Å²) >= 11 is 0. The Morgan fingerprint density at radius 1 is 1.28 bits per heavy atom.